The Morgan fingerprint density at radius 1 is 1.20 bits per heavy atom. The van der Waals surface area contributed by atoms with Crippen LogP contribution in [0, 0.1) is 11.6 Å². The summed E-state index contributed by atoms with van der Waals surface area (Å²) in [5.74, 6) is -2.04. The molecule has 0 atom stereocenters. The van der Waals surface area contributed by atoms with Gasteiger partial charge in [-0.2, -0.15) is 0 Å². The van der Waals surface area contributed by atoms with Crippen molar-refractivity contribution >= 4 is 15.7 Å². The molecule has 0 spiro atoms. The number of hydrogen-bond acceptors (Lipinski definition) is 4. The highest BCUT2D eigenvalue weighted by molar-refractivity contribution is 7.89. The quantitative estimate of drug-likeness (QED) is 0.894. The molecular formula is C12H11F2N3O2S. The summed E-state index contributed by atoms with van der Waals surface area (Å²) in [5, 5.41) is -0.303. The minimum absolute atomic E-state index is 0.00490. The molecule has 0 amide bonds. The van der Waals surface area contributed by atoms with Gasteiger partial charge in [0.1, 0.15) is 0 Å². The number of halogens is 2. The number of anilines is 1. The van der Waals surface area contributed by atoms with Gasteiger partial charge in [-0.1, -0.05) is 6.07 Å². The number of aromatic nitrogens is 1. The van der Waals surface area contributed by atoms with E-state index in [9.17, 15) is 17.2 Å². The summed E-state index contributed by atoms with van der Waals surface area (Å²) in [7, 11) is -3.91. The standard InChI is InChI=1S/C12H11F2N3O2S/c13-9-4-3-8(6-10(9)14)7-17-20(18,19)12-11(15)2-1-5-16-12/h1-6,17H,7,15H2. The van der Waals surface area contributed by atoms with E-state index in [2.05, 4.69) is 9.71 Å². The average molecular weight is 299 g/mol. The van der Waals surface area contributed by atoms with Crippen molar-refractivity contribution in [3.8, 4) is 0 Å². The monoisotopic (exact) mass is 299 g/mol. The van der Waals surface area contributed by atoms with Crippen LogP contribution in [-0.4, -0.2) is 13.4 Å². The minimum Gasteiger partial charge on any atom is -0.396 e. The van der Waals surface area contributed by atoms with Gasteiger partial charge in [0.25, 0.3) is 10.0 Å². The third-order valence-corrected chi connectivity index (χ3v) is 3.88. The van der Waals surface area contributed by atoms with Crippen LogP contribution in [0.4, 0.5) is 14.5 Å². The normalized spacial score (nSPS) is 11.5. The first-order valence-electron chi connectivity index (χ1n) is 5.54. The van der Waals surface area contributed by atoms with E-state index in [0.717, 1.165) is 12.1 Å². The van der Waals surface area contributed by atoms with Gasteiger partial charge >= 0.3 is 0 Å². The van der Waals surface area contributed by atoms with Gasteiger partial charge < -0.3 is 5.73 Å². The molecule has 0 aliphatic rings. The molecular weight excluding hydrogens is 288 g/mol. The Morgan fingerprint density at radius 2 is 1.95 bits per heavy atom. The molecule has 0 aliphatic carbocycles. The molecule has 2 rings (SSSR count). The highest BCUT2D eigenvalue weighted by Crippen LogP contribution is 2.15. The van der Waals surface area contributed by atoms with Gasteiger partial charge in [-0.05, 0) is 29.8 Å². The maximum Gasteiger partial charge on any atom is 0.260 e. The van der Waals surface area contributed by atoms with E-state index in [1.807, 2.05) is 0 Å². The molecule has 1 aromatic carbocycles. The van der Waals surface area contributed by atoms with Crippen molar-refractivity contribution < 1.29 is 17.2 Å². The molecule has 8 heteroatoms. The van der Waals surface area contributed by atoms with Crippen LogP contribution in [0.25, 0.3) is 0 Å². The molecule has 106 valence electrons. The maximum absolute atomic E-state index is 13.0. The van der Waals surface area contributed by atoms with Crippen molar-refractivity contribution in [3.63, 3.8) is 0 Å². The van der Waals surface area contributed by atoms with E-state index < -0.39 is 21.7 Å². The molecule has 20 heavy (non-hydrogen) atoms. The third-order valence-electron chi connectivity index (χ3n) is 2.51. The SMILES string of the molecule is Nc1cccnc1S(=O)(=O)NCc1ccc(F)c(F)c1. The number of nitrogens with two attached hydrogens (primary N) is 1. The largest absolute Gasteiger partial charge is 0.396 e. The van der Waals surface area contributed by atoms with Gasteiger partial charge in [0.05, 0.1) is 5.69 Å². The highest BCUT2D eigenvalue weighted by Gasteiger charge is 2.18. The van der Waals surface area contributed by atoms with Crippen molar-refractivity contribution in [3.05, 3.63) is 53.7 Å². The second-order valence-corrected chi connectivity index (χ2v) is 5.65. The van der Waals surface area contributed by atoms with E-state index in [0.29, 0.717) is 0 Å². The van der Waals surface area contributed by atoms with E-state index in [4.69, 9.17) is 5.73 Å². The van der Waals surface area contributed by atoms with Crippen LogP contribution in [0.15, 0.2) is 41.6 Å². The molecule has 1 heterocycles. The molecule has 0 fully saturated rings. The van der Waals surface area contributed by atoms with Crippen molar-refractivity contribution in [2.24, 2.45) is 0 Å². The maximum atomic E-state index is 13.0. The van der Waals surface area contributed by atoms with Crippen molar-refractivity contribution in [1.82, 2.24) is 9.71 Å². The van der Waals surface area contributed by atoms with Gasteiger partial charge in [-0.25, -0.2) is 26.9 Å². The van der Waals surface area contributed by atoms with E-state index in [1.54, 1.807) is 0 Å². The molecule has 0 unspecified atom stereocenters. The smallest absolute Gasteiger partial charge is 0.260 e. The Hall–Kier alpha value is -2.06. The van der Waals surface area contributed by atoms with Gasteiger partial charge in [-0.15, -0.1) is 0 Å². The first-order chi connectivity index (χ1) is 9.40. The first kappa shape index (κ1) is 14.4. The second kappa shape index (κ2) is 5.51. The molecule has 3 N–H and O–H groups in total. The molecule has 0 aliphatic heterocycles. The second-order valence-electron chi connectivity index (χ2n) is 3.97. The number of nitrogens with one attached hydrogen (secondary N) is 1. The fourth-order valence-corrected chi connectivity index (χ4v) is 2.60. The molecule has 0 radical (unpaired) electrons. The molecule has 0 saturated heterocycles. The Kier molecular flexibility index (Phi) is 3.96. The number of nitrogen functional groups attached to an aromatic ring is 1. The van der Waals surface area contributed by atoms with Crippen LogP contribution in [0.5, 0.6) is 0 Å². The Labute approximate surface area is 114 Å². The van der Waals surface area contributed by atoms with Crippen LogP contribution in [-0.2, 0) is 16.6 Å². The molecule has 0 saturated carbocycles. The number of pyridine rings is 1. The van der Waals surface area contributed by atoms with Gasteiger partial charge in [0.2, 0.25) is 0 Å². The highest BCUT2D eigenvalue weighted by atomic mass is 32.2. The molecule has 5 nitrogen and oxygen atoms in total. The summed E-state index contributed by atoms with van der Waals surface area (Å²) in [6, 6.07) is 6.03. The summed E-state index contributed by atoms with van der Waals surface area (Å²) < 4.78 is 51.9. The van der Waals surface area contributed by atoms with Gasteiger partial charge in [-0.3, -0.25) is 0 Å². The van der Waals surface area contributed by atoms with Crippen LogP contribution in [0.2, 0.25) is 0 Å². The summed E-state index contributed by atoms with van der Waals surface area (Å²) >= 11 is 0. The zero-order valence-electron chi connectivity index (χ0n) is 10.2. The van der Waals surface area contributed by atoms with Crippen LogP contribution in [0.1, 0.15) is 5.56 Å². The zero-order chi connectivity index (χ0) is 14.8. The minimum atomic E-state index is -3.91. The van der Waals surface area contributed by atoms with Crippen molar-refractivity contribution in [2.75, 3.05) is 5.73 Å². The van der Waals surface area contributed by atoms with E-state index in [1.165, 1.54) is 24.4 Å². The fraction of sp³-hybridized carbons (Fsp3) is 0.0833. The van der Waals surface area contributed by atoms with Crippen molar-refractivity contribution in [1.29, 1.82) is 0 Å². The van der Waals surface area contributed by atoms with E-state index in [-0.39, 0.29) is 22.8 Å². The molecule has 1 aromatic heterocycles. The Bertz CT molecular complexity index is 735. The predicted molar refractivity (Wildman–Crippen MR) is 69.0 cm³/mol. The molecule has 2 aromatic rings. The molecule has 0 bridgehead atoms. The lowest BCUT2D eigenvalue weighted by atomic mass is 10.2. The lowest BCUT2D eigenvalue weighted by Gasteiger charge is -2.08. The zero-order valence-corrected chi connectivity index (χ0v) is 11.0. The number of benzene rings is 1. The fourth-order valence-electron chi connectivity index (χ4n) is 1.52. The predicted octanol–water partition coefficient (Wildman–Crippen LogP) is 1.42. The Balaban J connectivity index is 2.17. The number of sulfonamides is 1. The summed E-state index contributed by atoms with van der Waals surface area (Å²) in [6.45, 7) is -0.199. The summed E-state index contributed by atoms with van der Waals surface area (Å²) in [5.41, 5.74) is 5.81. The van der Waals surface area contributed by atoms with E-state index >= 15 is 0 Å². The van der Waals surface area contributed by atoms with Crippen LogP contribution >= 0.6 is 0 Å². The number of nitrogens with zero attached hydrogens (tertiary/aromatic N) is 1. The lowest BCUT2D eigenvalue weighted by Crippen LogP contribution is -2.25. The van der Waals surface area contributed by atoms with Gasteiger partial charge in [0, 0.05) is 12.7 Å². The Morgan fingerprint density at radius 3 is 2.60 bits per heavy atom. The van der Waals surface area contributed by atoms with Crippen molar-refractivity contribution in [2.45, 2.75) is 11.6 Å². The first-order valence-corrected chi connectivity index (χ1v) is 7.02. The number of hydrogen-bond donors (Lipinski definition) is 2. The topological polar surface area (TPSA) is 85.1 Å². The van der Waals surface area contributed by atoms with Crippen LogP contribution < -0.4 is 10.5 Å². The summed E-state index contributed by atoms with van der Waals surface area (Å²) in [6.07, 6.45) is 1.29. The summed E-state index contributed by atoms with van der Waals surface area (Å²) in [4.78, 5) is 3.68. The third kappa shape index (κ3) is 3.09. The van der Waals surface area contributed by atoms with Crippen LogP contribution in [0.3, 0.4) is 0 Å². The van der Waals surface area contributed by atoms with Gasteiger partial charge in [0.15, 0.2) is 16.7 Å². The lowest BCUT2D eigenvalue weighted by molar-refractivity contribution is 0.506. The number of rotatable bonds is 4. The average Bonchev–Trinajstić information content (AvgIpc) is 2.40.